The molecular weight excluding hydrogens is 296 g/mol. The van der Waals surface area contributed by atoms with Crippen molar-refractivity contribution in [1.82, 2.24) is 5.32 Å². The van der Waals surface area contributed by atoms with Crippen LogP contribution in [0.1, 0.15) is 12.5 Å². The molecule has 17 heavy (non-hydrogen) atoms. The summed E-state index contributed by atoms with van der Waals surface area (Å²) in [6.07, 6.45) is 0. The monoisotopic (exact) mass is 314 g/mol. The first-order valence-electron chi connectivity index (χ1n) is 6.00. The van der Waals surface area contributed by atoms with Crippen LogP contribution < -0.4 is 10.2 Å². The zero-order valence-electron chi connectivity index (χ0n) is 10.4. The molecule has 0 aliphatic carbocycles. The summed E-state index contributed by atoms with van der Waals surface area (Å²) in [6, 6.07) is 6.69. The molecule has 0 spiro atoms. The molecule has 1 unspecified atom stereocenters. The van der Waals surface area contributed by atoms with Crippen LogP contribution in [-0.4, -0.2) is 31.1 Å². The number of rotatable bonds is 3. The van der Waals surface area contributed by atoms with Gasteiger partial charge in [0.25, 0.3) is 0 Å². The summed E-state index contributed by atoms with van der Waals surface area (Å²) in [5.74, 6) is 1.23. The molecule has 0 radical (unpaired) electrons. The van der Waals surface area contributed by atoms with E-state index in [1.54, 1.807) is 0 Å². The zero-order chi connectivity index (χ0) is 12.3. The third kappa shape index (κ3) is 3.39. The Morgan fingerprint density at radius 3 is 3.00 bits per heavy atom. The predicted molar refractivity (Wildman–Crippen MR) is 81.0 cm³/mol. The molecule has 4 heteroatoms. The number of halogens is 1. The van der Waals surface area contributed by atoms with Gasteiger partial charge in [0.1, 0.15) is 0 Å². The molecule has 0 saturated carbocycles. The quantitative estimate of drug-likeness (QED) is 0.923. The summed E-state index contributed by atoms with van der Waals surface area (Å²) in [7, 11) is 1.98. The van der Waals surface area contributed by atoms with Crippen molar-refractivity contribution < 1.29 is 0 Å². The van der Waals surface area contributed by atoms with E-state index in [4.69, 9.17) is 0 Å². The topological polar surface area (TPSA) is 15.3 Å². The minimum absolute atomic E-state index is 0.736. The summed E-state index contributed by atoms with van der Waals surface area (Å²) in [6.45, 7) is 5.53. The molecule has 0 amide bonds. The average Bonchev–Trinajstić information content (AvgIpc) is 2.32. The van der Waals surface area contributed by atoms with Crippen molar-refractivity contribution in [1.29, 1.82) is 0 Å². The van der Waals surface area contributed by atoms with E-state index >= 15 is 0 Å². The Balaban J connectivity index is 2.13. The van der Waals surface area contributed by atoms with Crippen molar-refractivity contribution in [2.45, 2.75) is 18.7 Å². The van der Waals surface area contributed by atoms with E-state index in [0.29, 0.717) is 0 Å². The fourth-order valence-electron chi connectivity index (χ4n) is 2.12. The maximum absolute atomic E-state index is 3.66. The Kier molecular flexibility index (Phi) is 4.77. The summed E-state index contributed by atoms with van der Waals surface area (Å²) in [5, 5.41) is 3.92. The smallest absolute Gasteiger partial charge is 0.0378 e. The molecule has 0 bridgehead atoms. The van der Waals surface area contributed by atoms with E-state index in [2.05, 4.69) is 63.0 Å². The van der Waals surface area contributed by atoms with Gasteiger partial charge in [0.05, 0.1) is 0 Å². The fourth-order valence-corrected chi connectivity index (χ4v) is 3.64. The van der Waals surface area contributed by atoms with E-state index < -0.39 is 0 Å². The third-order valence-corrected chi connectivity index (χ3v) is 4.88. The minimum atomic E-state index is 0.736. The molecule has 1 aliphatic heterocycles. The zero-order valence-corrected chi connectivity index (χ0v) is 12.8. The van der Waals surface area contributed by atoms with Crippen LogP contribution in [0, 0.1) is 0 Å². The van der Waals surface area contributed by atoms with Gasteiger partial charge >= 0.3 is 0 Å². The highest BCUT2D eigenvalue weighted by molar-refractivity contribution is 9.10. The number of hydrogen-bond acceptors (Lipinski definition) is 3. The minimum Gasteiger partial charge on any atom is -0.370 e. The van der Waals surface area contributed by atoms with Gasteiger partial charge < -0.3 is 10.2 Å². The average molecular weight is 315 g/mol. The van der Waals surface area contributed by atoms with Crippen molar-refractivity contribution in [2.24, 2.45) is 0 Å². The Morgan fingerprint density at radius 2 is 2.35 bits per heavy atom. The third-order valence-electron chi connectivity index (χ3n) is 3.01. The van der Waals surface area contributed by atoms with E-state index in [-0.39, 0.29) is 0 Å². The largest absolute Gasteiger partial charge is 0.370 e. The molecule has 1 atom stereocenters. The predicted octanol–water partition coefficient (Wildman–Crippen LogP) is 3.11. The van der Waals surface area contributed by atoms with E-state index in [9.17, 15) is 0 Å². The molecule has 1 aromatic rings. The Bertz CT molecular complexity index is 384. The maximum atomic E-state index is 3.66. The first kappa shape index (κ1) is 13.2. The molecule has 1 fully saturated rings. The number of benzene rings is 1. The summed E-state index contributed by atoms with van der Waals surface area (Å²) in [4.78, 5) is 2.48. The van der Waals surface area contributed by atoms with Crippen LogP contribution >= 0.6 is 27.7 Å². The molecule has 1 saturated heterocycles. The highest BCUT2D eigenvalue weighted by Gasteiger charge is 2.17. The van der Waals surface area contributed by atoms with Gasteiger partial charge in [0, 0.05) is 40.8 Å². The van der Waals surface area contributed by atoms with Crippen LogP contribution in [0.25, 0.3) is 0 Å². The molecule has 94 valence electrons. The normalized spacial score (nSPS) is 20.6. The number of nitrogens with zero attached hydrogens (tertiary/aromatic N) is 1. The van der Waals surface area contributed by atoms with Crippen molar-refractivity contribution in [3.05, 3.63) is 28.2 Å². The van der Waals surface area contributed by atoms with Gasteiger partial charge in [-0.2, -0.15) is 11.8 Å². The molecule has 0 aromatic heterocycles. The number of thioether (sulfide) groups is 1. The Morgan fingerprint density at radius 1 is 1.53 bits per heavy atom. The Hall–Kier alpha value is -0.190. The second-order valence-electron chi connectivity index (χ2n) is 4.43. The lowest BCUT2D eigenvalue weighted by Crippen LogP contribution is -2.36. The van der Waals surface area contributed by atoms with Gasteiger partial charge in [-0.1, -0.05) is 28.9 Å². The number of anilines is 1. The van der Waals surface area contributed by atoms with E-state index in [1.807, 2.05) is 7.05 Å². The highest BCUT2D eigenvalue weighted by Crippen LogP contribution is 2.28. The molecule has 2 rings (SSSR count). The first-order valence-corrected chi connectivity index (χ1v) is 7.84. The van der Waals surface area contributed by atoms with Gasteiger partial charge in [-0.25, -0.2) is 0 Å². The van der Waals surface area contributed by atoms with E-state index in [1.165, 1.54) is 21.5 Å². The second kappa shape index (κ2) is 6.12. The standard InChI is InChI=1S/C13H19BrN2S/c1-10-9-16(5-6-17-10)12-4-3-11(8-15-2)13(14)7-12/h3-4,7,10,15H,5-6,8-9H2,1-2H3. The van der Waals surface area contributed by atoms with Crippen LogP contribution in [-0.2, 0) is 6.54 Å². The fraction of sp³-hybridized carbons (Fsp3) is 0.538. The van der Waals surface area contributed by atoms with Crippen LogP contribution in [0.2, 0.25) is 0 Å². The molecule has 2 nitrogen and oxygen atoms in total. The van der Waals surface area contributed by atoms with Crippen molar-refractivity contribution in [2.75, 3.05) is 30.8 Å². The lowest BCUT2D eigenvalue weighted by Gasteiger charge is -2.32. The number of nitrogens with one attached hydrogen (secondary N) is 1. The summed E-state index contributed by atoms with van der Waals surface area (Å²) in [5.41, 5.74) is 2.65. The molecule has 1 heterocycles. The highest BCUT2D eigenvalue weighted by atomic mass is 79.9. The Labute approximate surface area is 116 Å². The van der Waals surface area contributed by atoms with Crippen molar-refractivity contribution in [3.63, 3.8) is 0 Å². The van der Waals surface area contributed by atoms with Crippen LogP contribution in [0.3, 0.4) is 0 Å². The van der Waals surface area contributed by atoms with Crippen LogP contribution in [0.15, 0.2) is 22.7 Å². The molecule has 1 aromatic carbocycles. The van der Waals surface area contributed by atoms with Crippen molar-refractivity contribution >= 4 is 33.4 Å². The van der Waals surface area contributed by atoms with Crippen LogP contribution in [0.4, 0.5) is 5.69 Å². The molecule has 1 N–H and O–H groups in total. The van der Waals surface area contributed by atoms with Crippen LogP contribution in [0.5, 0.6) is 0 Å². The summed E-state index contributed by atoms with van der Waals surface area (Å²) < 4.78 is 1.20. The SMILES string of the molecule is CNCc1ccc(N2CCSC(C)C2)cc1Br. The molecule has 1 aliphatic rings. The van der Waals surface area contributed by atoms with Gasteiger partial charge in [0.2, 0.25) is 0 Å². The molecular formula is C13H19BrN2S. The van der Waals surface area contributed by atoms with Gasteiger partial charge in [-0.05, 0) is 24.7 Å². The van der Waals surface area contributed by atoms with Crippen molar-refractivity contribution in [3.8, 4) is 0 Å². The second-order valence-corrected chi connectivity index (χ2v) is 6.83. The first-order chi connectivity index (χ1) is 8.20. The van der Waals surface area contributed by atoms with Gasteiger partial charge in [0.15, 0.2) is 0 Å². The lowest BCUT2D eigenvalue weighted by atomic mass is 10.2. The van der Waals surface area contributed by atoms with E-state index in [0.717, 1.165) is 24.9 Å². The number of hydrogen-bond donors (Lipinski definition) is 1. The summed E-state index contributed by atoms with van der Waals surface area (Å²) >= 11 is 5.73. The van der Waals surface area contributed by atoms with Gasteiger partial charge in [-0.15, -0.1) is 0 Å². The maximum Gasteiger partial charge on any atom is 0.0378 e. The van der Waals surface area contributed by atoms with Gasteiger partial charge in [-0.3, -0.25) is 0 Å². The lowest BCUT2D eigenvalue weighted by molar-refractivity contribution is 0.780.